The third-order valence-electron chi connectivity index (χ3n) is 6.91. The fourth-order valence-corrected chi connectivity index (χ4v) is 5.13. The number of aromatic nitrogens is 2. The van der Waals surface area contributed by atoms with Crippen molar-refractivity contribution in [3.05, 3.63) is 88.7 Å². The number of nitrogens with zero attached hydrogens (tertiary/aromatic N) is 2. The molecular weight excluding hydrogens is 478 g/mol. The van der Waals surface area contributed by atoms with E-state index < -0.39 is 29.3 Å². The summed E-state index contributed by atoms with van der Waals surface area (Å²) in [4.78, 5) is 21.4. The van der Waals surface area contributed by atoms with Gasteiger partial charge in [0.05, 0.1) is 0 Å². The number of benzene rings is 2. The molecule has 1 aliphatic carbocycles. The Bertz CT molecular complexity index is 1130. The highest BCUT2D eigenvalue weighted by molar-refractivity contribution is 5.76. The van der Waals surface area contributed by atoms with Crippen LogP contribution in [0.2, 0.25) is 0 Å². The quantitative estimate of drug-likeness (QED) is 0.353. The van der Waals surface area contributed by atoms with Crippen molar-refractivity contribution in [2.75, 3.05) is 6.61 Å². The van der Waals surface area contributed by atoms with Crippen molar-refractivity contribution in [3.63, 3.8) is 0 Å². The van der Waals surface area contributed by atoms with Gasteiger partial charge in [0.2, 0.25) is 6.10 Å². The molecule has 1 atom stereocenters. The van der Waals surface area contributed by atoms with Gasteiger partial charge in [0.1, 0.15) is 11.6 Å². The molecule has 0 radical (unpaired) electrons. The maximum Gasteiger partial charge on any atom is 0.348 e. The minimum absolute atomic E-state index is 0.116. The van der Waals surface area contributed by atoms with Crippen LogP contribution in [0.1, 0.15) is 61.0 Å². The third-order valence-corrected chi connectivity index (χ3v) is 6.91. The van der Waals surface area contributed by atoms with Crippen LogP contribution in [0.3, 0.4) is 0 Å². The Labute approximate surface area is 215 Å². The highest BCUT2D eigenvalue weighted by Crippen LogP contribution is 2.40. The van der Waals surface area contributed by atoms with E-state index in [1.165, 1.54) is 55.0 Å². The van der Waals surface area contributed by atoms with Crippen LogP contribution < -0.4 is 4.74 Å². The van der Waals surface area contributed by atoms with Crippen molar-refractivity contribution in [2.24, 2.45) is 5.92 Å². The smallest absolute Gasteiger partial charge is 0.348 e. The standard InChI is InChI=1S/C29H32F2N2O4/c1-19-18-20(2)33-28(32-19)37-26(27(34)35)29(22-8-12-24(30)13-9-22,23-10-14-25(31)15-11-23)36-17-16-21-6-4-3-5-7-21/h8-15,18,21,26H,3-7,16-17H2,1-2H3,(H,34,35). The first-order chi connectivity index (χ1) is 17.8. The molecule has 1 heterocycles. The normalized spacial score (nSPS) is 15.4. The second-order valence-electron chi connectivity index (χ2n) is 9.66. The predicted octanol–water partition coefficient (Wildman–Crippen LogP) is 6.13. The second-order valence-corrected chi connectivity index (χ2v) is 9.66. The fourth-order valence-electron chi connectivity index (χ4n) is 5.13. The second kappa shape index (κ2) is 11.8. The summed E-state index contributed by atoms with van der Waals surface area (Å²) < 4.78 is 40.4. The summed E-state index contributed by atoms with van der Waals surface area (Å²) in [6.45, 7) is 3.75. The maximum absolute atomic E-state index is 14.0. The zero-order valence-electron chi connectivity index (χ0n) is 21.1. The highest BCUT2D eigenvalue weighted by Gasteiger charge is 2.50. The van der Waals surface area contributed by atoms with E-state index in [-0.39, 0.29) is 12.6 Å². The lowest BCUT2D eigenvalue weighted by Crippen LogP contribution is -2.51. The summed E-state index contributed by atoms with van der Waals surface area (Å²) in [5, 5.41) is 10.5. The summed E-state index contributed by atoms with van der Waals surface area (Å²) in [5.41, 5.74) is 0.211. The molecule has 0 amide bonds. The molecule has 0 bridgehead atoms. The van der Waals surface area contributed by atoms with Crippen molar-refractivity contribution in [1.82, 2.24) is 9.97 Å². The molecule has 4 rings (SSSR count). The maximum atomic E-state index is 14.0. The lowest BCUT2D eigenvalue weighted by atomic mass is 9.80. The average Bonchev–Trinajstić information content (AvgIpc) is 2.87. The van der Waals surface area contributed by atoms with Crippen molar-refractivity contribution in [1.29, 1.82) is 0 Å². The van der Waals surface area contributed by atoms with Crippen LogP contribution in [0, 0.1) is 31.4 Å². The number of rotatable bonds is 10. The molecule has 1 N–H and O–H groups in total. The number of hydrogen-bond acceptors (Lipinski definition) is 5. The van der Waals surface area contributed by atoms with Crippen LogP contribution in [0.4, 0.5) is 8.78 Å². The molecule has 0 spiro atoms. The van der Waals surface area contributed by atoms with Gasteiger partial charge in [0.25, 0.3) is 0 Å². The van der Waals surface area contributed by atoms with E-state index in [9.17, 15) is 18.7 Å². The molecule has 0 saturated heterocycles. The van der Waals surface area contributed by atoms with E-state index in [1.54, 1.807) is 19.9 Å². The zero-order valence-corrected chi connectivity index (χ0v) is 21.1. The van der Waals surface area contributed by atoms with Crippen molar-refractivity contribution in [2.45, 2.75) is 64.1 Å². The Kier molecular flexibility index (Phi) is 8.48. The van der Waals surface area contributed by atoms with E-state index in [0.29, 0.717) is 28.4 Å². The molecular formula is C29H32F2N2O4. The van der Waals surface area contributed by atoms with Gasteiger partial charge >= 0.3 is 12.0 Å². The SMILES string of the molecule is Cc1cc(C)nc(OC(C(=O)O)C(OCCC2CCCCC2)(c2ccc(F)cc2)c2ccc(F)cc2)n1. The molecule has 0 aliphatic heterocycles. The number of ether oxygens (including phenoxy) is 2. The Morgan fingerprint density at radius 2 is 1.46 bits per heavy atom. The molecule has 1 aromatic heterocycles. The largest absolute Gasteiger partial charge is 0.478 e. The van der Waals surface area contributed by atoms with Gasteiger partial charge in [-0.15, -0.1) is 0 Å². The minimum atomic E-state index is -1.73. The molecule has 1 saturated carbocycles. The molecule has 2 aromatic carbocycles. The number of carbonyl (C=O) groups is 1. The van der Waals surface area contributed by atoms with Gasteiger partial charge in [-0.25, -0.2) is 23.5 Å². The van der Waals surface area contributed by atoms with Gasteiger partial charge in [-0.05, 0) is 67.6 Å². The number of carboxylic acids is 1. The number of carboxylic acid groups (broad SMARTS) is 1. The van der Waals surface area contributed by atoms with Gasteiger partial charge in [-0.3, -0.25) is 0 Å². The predicted molar refractivity (Wildman–Crippen MR) is 134 cm³/mol. The molecule has 6 nitrogen and oxygen atoms in total. The van der Waals surface area contributed by atoms with Crippen LogP contribution in [0.5, 0.6) is 6.01 Å². The molecule has 196 valence electrons. The lowest BCUT2D eigenvalue weighted by molar-refractivity contribution is -0.164. The number of aryl methyl sites for hydroxylation is 2. The first kappa shape index (κ1) is 26.7. The first-order valence-corrected chi connectivity index (χ1v) is 12.7. The van der Waals surface area contributed by atoms with E-state index in [2.05, 4.69) is 9.97 Å². The lowest BCUT2D eigenvalue weighted by Gasteiger charge is -2.39. The monoisotopic (exact) mass is 510 g/mol. The van der Waals surface area contributed by atoms with Gasteiger partial charge in [0, 0.05) is 18.0 Å². The molecule has 3 aromatic rings. The van der Waals surface area contributed by atoms with Crippen molar-refractivity contribution in [3.8, 4) is 6.01 Å². The molecule has 1 fully saturated rings. The Balaban J connectivity index is 1.83. The van der Waals surface area contributed by atoms with Gasteiger partial charge in [-0.1, -0.05) is 56.4 Å². The van der Waals surface area contributed by atoms with Gasteiger partial charge in [0.15, 0.2) is 5.60 Å². The first-order valence-electron chi connectivity index (χ1n) is 12.7. The van der Waals surface area contributed by atoms with Crippen molar-refractivity contribution < 1.29 is 28.2 Å². The Morgan fingerprint density at radius 1 is 0.946 bits per heavy atom. The highest BCUT2D eigenvalue weighted by atomic mass is 19.1. The van der Waals surface area contributed by atoms with Crippen LogP contribution in [-0.2, 0) is 15.1 Å². The van der Waals surface area contributed by atoms with Gasteiger partial charge < -0.3 is 14.6 Å². The van der Waals surface area contributed by atoms with Crippen LogP contribution in [0.25, 0.3) is 0 Å². The molecule has 1 aliphatic rings. The third kappa shape index (κ3) is 6.31. The Morgan fingerprint density at radius 3 is 1.95 bits per heavy atom. The molecule has 8 heteroatoms. The fraction of sp³-hybridized carbons (Fsp3) is 0.414. The number of hydrogen-bond donors (Lipinski definition) is 1. The van der Waals surface area contributed by atoms with Crippen LogP contribution in [-0.4, -0.2) is 33.8 Å². The van der Waals surface area contributed by atoms with E-state index in [4.69, 9.17) is 9.47 Å². The summed E-state index contributed by atoms with van der Waals surface area (Å²) in [6, 6.07) is 12.5. The summed E-state index contributed by atoms with van der Waals surface area (Å²) >= 11 is 0. The summed E-state index contributed by atoms with van der Waals surface area (Å²) in [7, 11) is 0. The van der Waals surface area contributed by atoms with E-state index >= 15 is 0 Å². The van der Waals surface area contributed by atoms with E-state index in [1.807, 2.05) is 0 Å². The topological polar surface area (TPSA) is 81.5 Å². The zero-order chi connectivity index (χ0) is 26.4. The minimum Gasteiger partial charge on any atom is -0.478 e. The van der Waals surface area contributed by atoms with E-state index in [0.717, 1.165) is 32.1 Å². The Hall–Kier alpha value is -3.39. The summed E-state index contributed by atoms with van der Waals surface area (Å²) in [6.07, 6.45) is 4.81. The van der Waals surface area contributed by atoms with Gasteiger partial charge in [-0.2, -0.15) is 0 Å². The van der Waals surface area contributed by atoms with Crippen LogP contribution >= 0.6 is 0 Å². The van der Waals surface area contributed by atoms with Crippen LogP contribution in [0.15, 0.2) is 54.6 Å². The number of halogens is 2. The average molecular weight is 511 g/mol. The molecule has 37 heavy (non-hydrogen) atoms. The number of aliphatic carboxylic acids is 1. The summed E-state index contributed by atoms with van der Waals surface area (Å²) in [5.74, 6) is -1.82. The van der Waals surface area contributed by atoms with Crippen molar-refractivity contribution >= 4 is 5.97 Å². The molecule has 1 unspecified atom stereocenters.